The van der Waals surface area contributed by atoms with Crippen LogP contribution in [0.25, 0.3) is 0 Å². The van der Waals surface area contributed by atoms with E-state index in [1.54, 1.807) is 24.3 Å². The molecule has 1 aromatic rings. The molecule has 0 saturated carbocycles. The molecule has 0 heterocycles. The summed E-state index contributed by atoms with van der Waals surface area (Å²) in [6.07, 6.45) is 1.04. The van der Waals surface area contributed by atoms with Gasteiger partial charge in [-0.1, -0.05) is 29.5 Å². The van der Waals surface area contributed by atoms with Crippen LogP contribution < -0.4 is 5.32 Å². The normalized spacial score (nSPS) is 10.8. The molecule has 0 radical (unpaired) electrons. The van der Waals surface area contributed by atoms with Crippen LogP contribution in [0.1, 0.15) is 5.56 Å². The molecule has 0 aliphatic rings. The van der Waals surface area contributed by atoms with E-state index < -0.39 is 15.9 Å². The van der Waals surface area contributed by atoms with Crippen LogP contribution in [0.3, 0.4) is 0 Å². The first kappa shape index (κ1) is 16.5. The van der Waals surface area contributed by atoms with E-state index in [4.69, 9.17) is 11.6 Å². The zero-order valence-electron chi connectivity index (χ0n) is 11.2. The molecule has 1 aromatic carbocycles. The third kappa shape index (κ3) is 6.06. The number of hydrogen-bond donors (Lipinski definition) is 1. The third-order valence-electron chi connectivity index (χ3n) is 2.36. The summed E-state index contributed by atoms with van der Waals surface area (Å²) in [5.41, 5.74) is 0.750. The molecule has 0 aromatic heterocycles. The van der Waals surface area contributed by atoms with E-state index in [1.165, 1.54) is 7.05 Å². The summed E-state index contributed by atoms with van der Waals surface area (Å²) in [6, 6.07) is 7.05. The van der Waals surface area contributed by atoms with E-state index in [1.807, 2.05) is 0 Å². The van der Waals surface area contributed by atoms with E-state index in [0.717, 1.165) is 16.1 Å². The van der Waals surface area contributed by atoms with Gasteiger partial charge in [-0.25, -0.2) is 8.42 Å². The van der Waals surface area contributed by atoms with Gasteiger partial charge in [0.15, 0.2) is 0 Å². The first-order valence-corrected chi connectivity index (χ1v) is 7.94. The van der Waals surface area contributed by atoms with Crippen molar-refractivity contribution in [2.75, 3.05) is 26.4 Å². The van der Waals surface area contributed by atoms with Crippen molar-refractivity contribution in [2.24, 2.45) is 0 Å². The van der Waals surface area contributed by atoms with Gasteiger partial charge in [-0.2, -0.15) is 4.31 Å². The van der Waals surface area contributed by atoms with Gasteiger partial charge in [0.25, 0.3) is 0 Å². The molecule has 0 atom stereocenters. The average molecular weight is 315 g/mol. The van der Waals surface area contributed by atoms with Crippen molar-refractivity contribution in [1.29, 1.82) is 0 Å². The summed E-state index contributed by atoms with van der Waals surface area (Å²) >= 11 is 5.81. The Kier molecular flexibility index (Phi) is 6.02. The van der Waals surface area contributed by atoms with Crippen molar-refractivity contribution in [3.05, 3.63) is 34.9 Å². The van der Waals surface area contributed by atoms with Crippen LogP contribution in [-0.2, 0) is 14.8 Å². The van der Waals surface area contributed by atoms with Gasteiger partial charge in [0.2, 0.25) is 15.9 Å². The fraction of sp³-hybridized carbons (Fsp3) is 0.308. The number of carbonyl (C=O) groups is 1. The first-order chi connectivity index (χ1) is 9.29. The zero-order chi connectivity index (χ0) is 15.2. The van der Waals surface area contributed by atoms with Gasteiger partial charge in [0, 0.05) is 17.6 Å². The van der Waals surface area contributed by atoms with Gasteiger partial charge in [0.1, 0.15) is 0 Å². The highest BCUT2D eigenvalue weighted by atomic mass is 35.5. The van der Waals surface area contributed by atoms with Crippen molar-refractivity contribution >= 4 is 27.5 Å². The highest BCUT2D eigenvalue weighted by Crippen LogP contribution is 2.09. The van der Waals surface area contributed by atoms with E-state index in [-0.39, 0.29) is 13.1 Å². The van der Waals surface area contributed by atoms with Gasteiger partial charge in [-0.3, -0.25) is 4.79 Å². The molecule has 1 amide bonds. The molecule has 0 spiro atoms. The molecule has 0 aliphatic heterocycles. The molecule has 0 aliphatic carbocycles. The predicted octanol–water partition coefficient (Wildman–Crippen LogP) is 0.699. The Balaban J connectivity index is 2.44. The van der Waals surface area contributed by atoms with Gasteiger partial charge in [0.05, 0.1) is 19.3 Å². The Bertz CT molecular complexity index is 647. The van der Waals surface area contributed by atoms with Crippen LogP contribution in [0.15, 0.2) is 24.3 Å². The molecule has 5 nitrogen and oxygen atoms in total. The summed E-state index contributed by atoms with van der Waals surface area (Å²) in [7, 11) is -2.01. The SMILES string of the molecule is CN(CC(=O)NCC#Cc1cccc(Cl)c1)S(C)(=O)=O. The Morgan fingerprint density at radius 3 is 2.75 bits per heavy atom. The summed E-state index contributed by atoms with van der Waals surface area (Å²) in [4.78, 5) is 11.5. The van der Waals surface area contributed by atoms with Crippen LogP contribution >= 0.6 is 11.6 Å². The summed E-state index contributed by atoms with van der Waals surface area (Å²) in [6.45, 7) is -0.0827. The summed E-state index contributed by atoms with van der Waals surface area (Å²) in [5, 5.41) is 3.11. The van der Waals surface area contributed by atoms with Crippen molar-refractivity contribution in [3.8, 4) is 11.8 Å². The molecule has 0 saturated heterocycles. The van der Waals surface area contributed by atoms with Crippen molar-refractivity contribution in [3.63, 3.8) is 0 Å². The average Bonchev–Trinajstić information content (AvgIpc) is 2.33. The zero-order valence-corrected chi connectivity index (χ0v) is 12.8. The molecular weight excluding hydrogens is 300 g/mol. The van der Waals surface area contributed by atoms with Crippen molar-refractivity contribution in [2.45, 2.75) is 0 Å². The number of sulfonamides is 1. The largest absolute Gasteiger partial charge is 0.344 e. The molecule has 0 bridgehead atoms. The minimum Gasteiger partial charge on any atom is -0.344 e. The van der Waals surface area contributed by atoms with Gasteiger partial charge in [-0.05, 0) is 18.2 Å². The van der Waals surface area contributed by atoms with Crippen molar-refractivity contribution in [1.82, 2.24) is 9.62 Å². The highest BCUT2D eigenvalue weighted by Gasteiger charge is 2.14. The molecule has 0 unspecified atom stereocenters. The van der Waals surface area contributed by atoms with Gasteiger partial charge >= 0.3 is 0 Å². The van der Waals surface area contributed by atoms with E-state index >= 15 is 0 Å². The molecule has 20 heavy (non-hydrogen) atoms. The maximum Gasteiger partial charge on any atom is 0.236 e. The standard InChI is InChI=1S/C13H15ClN2O3S/c1-16(20(2,18)19)10-13(17)15-8-4-6-11-5-3-7-12(14)9-11/h3,5,7,9H,8,10H2,1-2H3,(H,15,17). The second-order valence-corrected chi connectivity index (χ2v) is 6.63. The molecule has 108 valence electrons. The smallest absolute Gasteiger partial charge is 0.236 e. The number of benzene rings is 1. The number of hydrogen-bond acceptors (Lipinski definition) is 3. The number of rotatable bonds is 4. The fourth-order valence-corrected chi connectivity index (χ4v) is 1.77. The molecule has 7 heteroatoms. The summed E-state index contributed by atoms with van der Waals surface area (Å²) < 4.78 is 23.2. The lowest BCUT2D eigenvalue weighted by atomic mass is 10.2. The topological polar surface area (TPSA) is 66.5 Å². The maximum absolute atomic E-state index is 11.5. The fourth-order valence-electron chi connectivity index (χ4n) is 1.23. The number of likely N-dealkylation sites (N-methyl/N-ethyl adjacent to an activating group) is 1. The third-order valence-corrected chi connectivity index (χ3v) is 3.86. The van der Waals surface area contributed by atoms with Crippen LogP contribution in [0.4, 0.5) is 0 Å². The minimum atomic E-state index is -3.35. The second kappa shape index (κ2) is 7.29. The lowest BCUT2D eigenvalue weighted by Gasteiger charge is -2.12. The summed E-state index contributed by atoms with van der Waals surface area (Å²) in [5.74, 6) is 5.20. The molecular formula is C13H15ClN2O3S. The van der Waals surface area contributed by atoms with E-state index in [9.17, 15) is 13.2 Å². The second-order valence-electron chi connectivity index (χ2n) is 4.11. The van der Waals surface area contributed by atoms with Crippen LogP contribution in [0.2, 0.25) is 5.02 Å². The Morgan fingerprint density at radius 1 is 1.45 bits per heavy atom. The van der Waals surface area contributed by atoms with Crippen LogP contribution in [0, 0.1) is 11.8 Å². The first-order valence-electron chi connectivity index (χ1n) is 5.71. The quantitative estimate of drug-likeness (QED) is 0.832. The monoisotopic (exact) mass is 314 g/mol. The van der Waals surface area contributed by atoms with Gasteiger partial charge < -0.3 is 5.32 Å². The molecule has 1 rings (SSSR count). The Morgan fingerprint density at radius 2 is 2.15 bits per heavy atom. The Hall–Kier alpha value is -1.55. The number of halogens is 1. The van der Waals surface area contributed by atoms with E-state index in [0.29, 0.717) is 5.02 Å². The predicted molar refractivity (Wildman–Crippen MR) is 78.8 cm³/mol. The minimum absolute atomic E-state index is 0.142. The maximum atomic E-state index is 11.5. The number of nitrogens with zero attached hydrogens (tertiary/aromatic N) is 1. The van der Waals surface area contributed by atoms with E-state index in [2.05, 4.69) is 17.2 Å². The van der Waals surface area contributed by atoms with Crippen LogP contribution in [-0.4, -0.2) is 45.0 Å². The van der Waals surface area contributed by atoms with Crippen LogP contribution in [0.5, 0.6) is 0 Å². The van der Waals surface area contributed by atoms with Gasteiger partial charge in [-0.15, -0.1) is 0 Å². The lowest BCUT2D eigenvalue weighted by molar-refractivity contribution is -0.120. The highest BCUT2D eigenvalue weighted by molar-refractivity contribution is 7.88. The lowest BCUT2D eigenvalue weighted by Crippen LogP contribution is -2.37. The number of nitrogens with one attached hydrogen (secondary N) is 1. The Labute approximate surface area is 124 Å². The van der Waals surface area contributed by atoms with Crippen molar-refractivity contribution < 1.29 is 13.2 Å². The molecule has 0 fully saturated rings. The number of carbonyl (C=O) groups excluding carboxylic acids is 1. The molecule has 1 N–H and O–H groups in total. The number of amides is 1.